The van der Waals surface area contributed by atoms with E-state index in [4.69, 9.17) is 11.3 Å². The van der Waals surface area contributed by atoms with E-state index in [1.54, 1.807) is 26.8 Å². The summed E-state index contributed by atoms with van der Waals surface area (Å²) in [4.78, 5) is 30.2. The van der Waals surface area contributed by atoms with Crippen LogP contribution in [0, 0.1) is 6.57 Å². The van der Waals surface area contributed by atoms with E-state index in [2.05, 4.69) is 20.5 Å². The fourth-order valence-electron chi connectivity index (χ4n) is 1.48. The van der Waals surface area contributed by atoms with Gasteiger partial charge in [0.2, 0.25) is 0 Å². The van der Waals surface area contributed by atoms with E-state index < -0.39 is 11.7 Å². The minimum Gasteiger partial charge on any atom is -0.444 e. The molecule has 0 atom stereocenters. The van der Waals surface area contributed by atoms with Crippen molar-refractivity contribution < 1.29 is 14.3 Å². The number of nitrogens with one attached hydrogen (secondary N) is 2. The summed E-state index contributed by atoms with van der Waals surface area (Å²) in [6, 6.07) is 3.04. The van der Waals surface area contributed by atoms with Gasteiger partial charge in [0.1, 0.15) is 11.8 Å². The molecule has 0 saturated heterocycles. The summed E-state index contributed by atoms with van der Waals surface area (Å²) in [7, 11) is 0. The molecule has 7 heteroatoms. The molecule has 0 radical (unpaired) electrons. The van der Waals surface area contributed by atoms with Crippen molar-refractivity contribution in [2.45, 2.75) is 32.8 Å². The van der Waals surface area contributed by atoms with Crippen molar-refractivity contribution >= 4 is 17.8 Å². The van der Waals surface area contributed by atoms with Crippen molar-refractivity contribution in [3.63, 3.8) is 0 Å². The van der Waals surface area contributed by atoms with Crippen LogP contribution in [0.5, 0.6) is 0 Å². The monoisotopic (exact) mass is 304 g/mol. The van der Waals surface area contributed by atoms with Gasteiger partial charge in [0, 0.05) is 13.1 Å². The zero-order valence-electron chi connectivity index (χ0n) is 13.0. The van der Waals surface area contributed by atoms with Gasteiger partial charge >= 0.3 is 6.09 Å². The maximum Gasteiger partial charge on any atom is 0.407 e. The predicted molar refractivity (Wildman–Crippen MR) is 81.7 cm³/mol. The van der Waals surface area contributed by atoms with E-state index >= 15 is 0 Å². The number of ether oxygens (including phenoxy) is 1. The fourth-order valence-corrected chi connectivity index (χ4v) is 1.48. The molecule has 0 fully saturated rings. The zero-order chi connectivity index (χ0) is 16.6. The molecule has 1 heterocycles. The van der Waals surface area contributed by atoms with Gasteiger partial charge in [0.25, 0.3) is 11.7 Å². The molecule has 0 bridgehead atoms. The normalized spacial score (nSPS) is 10.5. The zero-order valence-corrected chi connectivity index (χ0v) is 13.0. The van der Waals surface area contributed by atoms with Crippen LogP contribution in [0.15, 0.2) is 18.3 Å². The van der Waals surface area contributed by atoms with Crippen molar-refractivity contribution in [2.24, 2.45) is 0 Å². The molecule has 0 unspecified atom stereocenters. The van der Waals surface area contributed by atoms with Gasteiger partial charge in [-0.2, -0.15) is 0 Å². The number of alkyl carbamates (subject to hydrolysis) is 1. The van der Waals surface area contributed by atoms with Crippen LogP contribution in [-0.4, -0.2) is 35.7 Å². The second-order valence-corrected chi connectivity index (χ2v) is 5.55. The van der Waals surface area contributed by atoms with Crippen LogP contribution in [0.25, 0.3) is 4.85 Å². The average Bonchev–Trinajstić information content (AvgIpc) is 2.45. The third-order valence-corrected chi connectivity index (χ3v) is 2.43. The Morgan fingerprint density at radius 2 is 1.95 bits per heavy atom. The van der Waals surface area contributed by atoms with Crippen LogP contribution in [0.3, 0.4) is 0 Å². The molecule has 22 heavy (non-hydrogen) atoms. The molecular weight excluding hydrogens is 284 g/mol. The van der Waals surface area contributed by atoms with E-state index in [-0.39, 0.29) is 11.7 Å². The van der Waals surface area contributed by atoms with E-state index in [1.165, 1.54) is 12.3 Å². The molecular formula is C15H20N4O3. The van der Waals surface area contributed by atoms with Gasteiger partial charge < -0.3 is 20.2 Å². The van der Waals surface area contributed by atoms with Gasteiger partial charge in [-0.25, -0.2) is 4.79 Å². The van der Waals surface area contributed by atoms with Gasteiger partial charge in [-0.1, -0.05) is 12.6 Å². The quantitative estimate of drug-likeness (QED) is 0.645. The van der Waals surface area contributed by atoms with Crippen LogP contribution in [-0.2, 0) is 4.74 Å². The molecule has 0 aromatic carbocycles. The topological polar surface area (TPSA) is 84.7 Å². The Labute approximate surface area is 129 Å². The second-order valence-electron chi connectivity index (χ2n) is 5.55. The number of rotatable bonds is 5. The fraction of sp³-hybridized carbons (Fsp3) is 0.467. The number of aromatic nitrogens is 1. The van der Waals surface area contributed by atoms with Crippen molar-refractivity contribution in [1.29, 1.82) is 0 Å². The summed E-state index contributed by atoms with van der Waals surface area (Å²) in [5, 5.41) is 5.32. The van der Waals surface area contributed by atoms with Gasteiger partial charge in [-0.3, -0.25) is 4.79 Å². The van der Waals surface area contributed by atoms with Gasteiger partial charge in [0.05, 0.1) is 5.56 Å². The molecule has 0 aliphatic rings. The maximum atomic E-state index is 11.8. The lowest BCUT2D eigenvalue weighted by Crippen LogP contribution is -2.34. The average molecular weight is 304 g/mol. The summed E-state index contributed by atoms with van der Waals surface area (Å²) >= 11 is 0. The molecule has 0 saturated carbocycles. The highest BCUT2D eigenvalue weighted by atomic mass is 16.6. The molecule has 1 aromatic rings. The van der Waals surface area contributed by atoms with Gasteiger partial charge in [-0.15, -0.1) is 4.98 Å². The highest BCUT2D eigenvalue weighted by Crippen LogP contribution is 2.08. The third-order valence-electron chi connectivity index (χ3n) is 2.43. The highest BCUT2D eigenvalue weighted by molar-refractivity contribution is 5.94. The van der Waals surface area contributed by atoms with Crippen molar-refractivity contribution in [3.8, 4) is 0 Å². The minimum absolute atomic E-state index is 0.248. The number of hydrogen-bond acceptors (Lipinski definition) is 4. The Balaban J connectivity index is 2.23. The smallest absolute Gasteiger partial charge is 0.407 e. The van der Waals surface area contributed by atoms with Crippen LogP contribution in [0.2, 0.25) is 0 Å². The van der Waals surface area contributed by atoms with Crippen molar-refractivity contribution in [3.05, 3.63) is 35.3 Å². The molecule has 2 N–H and O–H groups in total. The number of pyridine rings is 1. The largest absolute Gasteiger partial charge is 0.444 e. The molecule has 7 nitrogen and oxygen atoms in total. The van der Waals surface area contributed by atoms with E-state index in [0.29, 0.717) is 25.1 Å². The lowest BCUT2D eigenvalue weighted by Gasteiger charge is -2.19. The van der Waals surface area contributed by atoms with E-state index in [0.717, 1.165) is 0 Å². The van der Waals surface area contributed by atoms with Crippen molar-refractivity contribution in [1.82, 2.24) is 15.6 Å². The standard InChI is InChI=1S/C15H20N4O3/c1-15(2,3)22-14(21)18-9-5-8-17-13(20)11-6-7-12(16-4)19-10-11/h6-7,10H,5,8-9H2,1-3H3,(H,17,20)(H,18,21). The lowest BCUT2D eigenvalue weighted by molar-refractivity contribution is 0.0527. The number of carbonyl (C=O) groups excluding carboxylic acids is 2. The first kappa shape index (κ1) is 17.4. The molecule has 1 aromatic heterocycles. The molecule has 0 aliphatic heterocycles. The Morgan fingerprint density at radius 3 is 2.50 bits per heavy atom. The van der Waals surface area contributed by atoms with E-state index in [9.17, 15) is 9.59 Å². The van der Waals surface area contributed by atoms with Crippen LogP contribution in [0.1, 0.15) is 37.6 Å². The Hall–Kier alpha value is -2.62. The summed E-state index contributed by atoms with van der Waals surface area (Å²) < 4.78 is 5.09. The predicted octanol–water partition coefficient (Wildman–Crippen LogP) is 2.28. The Bertz CT molecular complexity index is 556. The van der Waals surface area contributed by atoms with Gasteiger partial charge in [0.15, 0.2) is 0 Å². The number of nitrogens with zero attached hydrogens (tertiary/aromatic N) is 2. The van der Waals surface area contributed by atoms with Crippen LogP contribution >= 0.6 is 0 Å². The molecule has 0 aliphatic carbocycles. The summed E-state index contributed by atoms with van der Waals surface area (Å²) in [5.41, 5.74) is -0.129. The SMILES string of the molecule is [C-]#[N+]c1ccc(C(=O)NCCCNC(=O)OC(C)(C)C)cn1. The Morgan fingerprint density at radius 1 is 1.27 bits per heavy atom. The molecule has 0 spiro atoms. The van der Waals surface area contributed by atoms with Gasteiger partial charge in [-0.05, 0) is 33.3 Å². The molecule has 118 valence electrons. The Kier molecular flexibility index (Phi) is 6.32. The van der Waals surface area contributed by atoms with Crippen LogP contribution in [0.4, 0.5) is 10.6 Å². The number of amides is 2. The maximum absolute atomic E-state index is 11.8. The first-order valence-corrected chi connectivity index (χ1v) is 6.90. The number of hydrogen-bond donors (Lipinski definition) is 2. The highest BCUT2D eigenvalue weighted by Gasteiger charge is 2.15. The second kappa shape index (κ2) is 7.98. The summed E-state index contributed by atoms with van der Waals surface area (Å²) in [6.45, 7) is 13.0. The first-order chi connectivity index (χ1) is 10.3. The van der Waals surface area contributed by atoms with Crippen LogP contribution < -0.4 is 10.6 Å². The summed E-state index contributed by atoms with van der Waals surface area (Å²) in [5.74, 6) is -0.0144. The molecule has 2 amide bonds. The lowest BCUT2D eigenvalue weighted by atomic mass is 10.2. The number of carbonyl (C=O) groups is 2. The minimum atomic E-state index is -0.525. The molecule has 1 rings (SSSR count). The van der Waals surface area contributed by atoms with E-state index in [1.807, 2.05) is 0 Å². The van der Waals surface area contributed by atoms with Crippen molar-refractivity contribution in [2.75, 3.05) is 13.1 Å². The summed E-state index contributed by atoms with van der Waals surface area (Å²) in [6.07, 6.45) is 1.47. The first-order valence-electron chi connectivity index (χ1n) is 6.90. The third kappa shape index (κ3) is 6.70.